The van der Waals surface area contributed by atoms with Gasteiger partial charge in [0.2, 0.25) is 0 Å². The van der Waals surface area contributed by atoms with Crippen molar-refractivity contribution in [2.24, 2.45) is 0 Å². The number of hydrogen-bond acceptors (Lipinski definition) is 2. The third kappa shape index (κ3) is 3.15. The Labute approximate surface area is 117 Å². The highest BCUT2D eigenvalue weighted by molar-refractivity contribution is 5.28. The van der Waals surface area contributed by atoms with Crippen molar-refractivity contribution in [3.63, 3.8) is 0 Å². The minimum Gasteiger partial charge on any atom is -0.364 e. The van der Waals surface area contributed by atoms with Gasteiger partial charge >= 0.3 is 6.18 Å². The molecule has 1 saturated heterocycles. The van der Waals surface area contributed by atoms with Crippen LogP contribution in [0, 0.1) is 0 Å². The smallest absolute Gasteiger partial charge is 0.364 e. The number of benzene rings is 1. The van der Waals surface area contributed by atoms with E-state index in [4.69, 9.17) is 4.74 Å². The molecule has 1 heterocycles. The highest BCUT2D eigenvalue weighted by Crippen LogP contribution is 2.35. The summed E-state index contributed by atoms with van der Waals surface area (Å²) in [7, 11) is 0. The van der Waals surface area contributed by atoms with Crippen LogP contribution in [0.2, 0.25) is 0 Å². The predicted molar refractivity (Wildman–Crippen MR) is 71.5 cm³/mol. The first-order chi connectivity index (χ1) is 9.40. The average Bonchev–Trinajstić information content (AvgIpc) is 2.46. The molecule has 1 fully saturated rings. The largest absolute Gasteiger partial charge is 0.416 e. The number of hydrogen-bond donors (Lipinski definition) is 1. The van der Waals surface area contributed by atoms with Crippen LogP contribution in [0.5, 0.6) is 0 Å². The summed E-state index contributed by atoms with van der Waals surface area (Å²) < 4.78 is 44.4. The fourth-order valence-corrected chi connectivity index (χ4v) is 2.58. The fourth-order valence-electron chi connectivity index (χ4n) is 2.58. The van der Waals surface area contributed by atoms with E-state index in [1.807, 2.05) is 13.8 Å². The molecule has 0 saturated carbocycles. The molecule has 2 nitrogen and oxygen atoms in total. The van der Waals surface area contributed by atoms with Gasteiger partial charge in [0.1, 0.15) is 0 Å². The van der Waals surface area contributed by atoms with Crippen molar-refractivity contribution in [3.05, 3.63) is 35.4 Å². The van der Waals surface area contributed by atoms with E-state index >= 15 is 0 Å². The van der Waals surface area contributed by atoms with E-state index < -0.39 is 11.7 Å². The molecule has 0 aromatic heterocycles. The van der Waals surface area contributed by atoms with E-state index in [0.29, 0.717) is 12.1 Å². The lowest BCUT2D eigenvalue weighted by atomic mass is 9.93. The topological polar surface area (TPSA) is 21.3 Å². The zero-order valence-electron chi connectivity index (χ0n) is 11.8. The van der Waals surface area contributed by atoms with Gasteiger partial charge < -0.3 is 10.1 Å². The van der Waals surface area contributed by atoms with E-state index in [0.717, 1.165) is 25.5 Å². The Balaban J connectivity index is 2.23. The van der Waals surface area contributed by atoms with Crippen LogP contribution in [0.15, 0.2) is 24.3 Å². The summed E-state index contributed by atoms with van der Waals surface area (Å²) in [5.74, 6) is 0. The van der Waals surface area contributed by atoms with Gasteiger partial charge in [-0.25, -0.2) is 0 Å². The third-order valence-corrected chi connectivity index (χ3v) is 4.04. The minimum atomic E-state index is -4.31. The molecule has 1 aliphatic rings. The van der Waals surface area contributed by atoms with Gasteiger partial charge in [-0.15, -0.1) is 0 Å². The van der Waals surface area contributed by atoms with Gasteiger partial charge in [-0.05, 0) is 30.5 Å². The molecule has 112 valence electrons. The van der Waals surface area contributed by atoms with Crippen molar-refractivity contribution in [3.8, 4) is 0 Å². The summed E-state index contributed by atoms with van der Waals surface area (Å²) in [6.07, 6.45) is -2.96. The van der Waals surface area contributed by atoms with Crippen LogP contribution in [-0.2, 0) is 10.9 Å². The van der Waals surface area contributed by atoms with Crippen molar-refractivity contribution in [1.82, 2.24) is 5.32 Å². The number of rotatable bonds is 3. The van der Waals surface area contributed by atoms with E-state index in [1.54, 1.807) is 6.07 Å². The summed E-state index contributed by atoms with van der Waals surface area (Å²) in [5, 5.41) is 3.28. The van der Waals surface area contributed by atoms with Crippen LogP contribution in [0.25, 0.3) is 0 Å². The molecule has 5 heteroatoms. The van der Waals surface area contributed by atoms with Crippen LogP contribution < -0.4 is 5.32 Å². The molecule has 1 aromatic carbocycles. The monoisotopic (exact) mass is 287 g/mol. The molecule has 20 heavy (non-hydrogen) atoms. The van der Waals surface area contributed by atoms with E-state index in [-0.39, 0.29) is 11.7 Å². The standard InChI is InChI=1S/C15H20F3NO/c1-3-14(4-2)10-19-9-13(20-14)11-6-5-7-12(8-11)15(16,17)18/h5-8,13,19H,3-4,9-10H2,1-2H3. The van der Waals surface area contributed by atoms with Crippen molar-refractivity contribution >= 4 is 0 Å². The van der Waals surface area contributed by atoms with Crippen LogP contribution in [0.3, 0.4) is 0 Å². The van der Waals surface area contributed by atoms with Gasteiger partial charge in [0.05, 0.1) is 17.3 Å². The molecule has 1 N–H and O–H groups in total. The van der Waals surface area contributed by atoms with Crippen molar-refractivity contribution in [2.75, 3.05) is 13.1 Å². The van der Waals surface area contributed by atoms with E-state index in [1.165, 1.54) is 12.1 Å². The second kappa shape index (κ2) is 5.74. The summed E-state index contributed by atoms with van der Waals surface area (Å²) in [4.78, 5) is 0. The molecule has 1 atom stereocenters. The molecule has 2 rings (SSSR count). The molecule has 0 bridgehead atoms. The number of nitrogens with one attached hydrogen (secondary N) is 1. The Morgan fingerprint density at radius 1 is 1.30 bits per heavy atom. The first-order valence-corrected chi connectivity index (χ1v) is 6.96. The lowest BCUT2D eigenvalue weighted by Gasteiger charge is -2.41. The quantitative estimate of drug-likeness (QED) is 0.909. The Kier molecular flexibility index (Phi) is 4.39. The summed E-state index contributed by atoms with van der Waals surface area (Å²) in [6.45, 7) is 5.37. The molecule has 1 aromatic rings. The van der Waals surface area contributed by atoms with Crippen LogP contribution >= 0.6 is 0 Å². The number of ether oxygens (including phenoxy) is 1. The molecule has 0 amide bonds. The number of morpholine rings is 1. The Morgan fingerprint density at radius 2 is 2.00 bits per heavy atom. The highest BCUT2D eigenvalue weighted by Gasteiger charge is 2.36. The van der Waals surface area contributed by atoms with Gasteiger partial charge in [-0.1, -0.05) is 26.0 Å². The first kappa shape index (κ1) is 15.3. The maximum absolute atomic E-state index is 12.8. The summed E-state index contributed by atoms with van der Waals surface area (Å²) in [6, 6.07) is 5.42. The molecule has 1 unspecified atom stereocenters. The minimum absolute atomic E-state index is 0.281. The van der Waals surface area contributed by atoms with Crippen LogP contribution in [0.4, 0.5) is 13.2 Å². The van der Waals surface area contributed by atoms with Crippen molar-refractivity contribution < 1.29 is 17.9 Å². The van der Waals surface area contributed by atoms with Gasteiger partial charge in [0.25, 0.3) is 0 Å². The fraction of sp³-hybridized carbons (Fsp3) is 0.600. The second-order valence-electron chi connectivity index (χ2n) is 5.25. The number of halogens is 3. The van der Waals surface area contributed by atoms with Crippen molar-refractivity contribution in [1.29, 1.82) is 0 Å². The van der Waals surface area contributed by atoms with Gasteiger partial charge in [-0.2, -0.15) is 13.2 Å². The van der Waals surface area contributed by atoms with Gasteiger partial charge in [0.15, 0.2) is 0 Å². The lowest BCUT2D eigenvalue weighted by Crippen LogP contribution is -2.50. The van der Waals surface area contributed by atoms with Crippen LogP contribution in [-0.4, -0.2) is 18.7 Å². The normalized spacial score (nSPS) is 22.8. The lowest BCUT2D eigenvalue weighted by molar-refractivity contribution is -0.138. The SMILES string of the molecule is CCC1(CC)CNCC(c2cccc(C(F)(F)F)c2)O1. The molecule has 0 aliphatic carbocycles. The van der Waals surface area contributed by atoms with E-state index in [2.05, 4.69) is 5.32 Å². The Morgan fingerprint density at radius 3 is 2.60 bits per heavy atom. The Hall–Kier alpha value is -1.07. The van der Waals surface area contributed by atoms with E-state index in [9.17, 15) is 13.2 Å². The van der Waals surface area contributed by atoms with Crippen LogP contribution in [0.1, 0.15) is 43.9 Å². The molecular weight excluding hydrogens is 267 g/mol. The zero-order chi connectivity index (χ0) is 14.8. The summed E-state index contributed by atoms with van der Waals surface area (Å²) >= 11 is 0. The molecule has 1 aliphatic heterocycles. The molecule has 0 radical (unpaired) electrons. The zero-order valence-corrected chi connectivity index (χ0v) is 11.8. The average molecular weight is 287 g/mol. The maximum atomic E-state index is 12.8. The maximum Gasteiger partial charge on any atom is 0.416 e. The molecular formula is C15H20F3NO. The molecule has 0 spiro atoms. The predicted octanol–water partition coefficient (Wildman–Crippen LogP) is 3.93. The summed E-state index contributed by atoms with van der Waals surface area (Å²) in [5.41, 5.74) is -0.321. The second-order valence-corrected chi connectivity index (χ2v) is 5.25. The highest BCUT2D eigenvalue weighted by atomic mass is 19.4. The van der Waals surface area contributed by atoms with Gasteiger partial charge in [-0.3, -0.25) is 0 Å². The number of alkyl halides is 3. The van der Waals surface area contributed by atoms with Crippen molar-refractivity contribution in [2.45, 2.75) is 44.6 Å². The third-order valence-electron chi connectivity index (χ3n) is 4.04. The first-order valence-electron chi connectivity index (χ1n) is 6.96. The Bertz CT molecular complexity index is 455. The van der Waals surface area contributed by atoms with Gasteiger partial charge in [0, 0.05) is 13.1 Å².